The van der Waals surface area contributed by atoms with E-state index in [4.69, 9.17) is 23.2 Å². The first-order valence-electron chi connectivity index (χ1n) is 5.50. The molecule has 0 saturated carbocycles. The summed E-state index contributed by atoms with van der Waals surface area (Å²) in [6.07, 6.45) is 0. The molecule has 94 valence electrons. The highest BCUT2D eigenvalue weighted by Crippen LogP contribution is 2.35. The van der Waals surface area contributed by atoms with Crippen LogP contribution in [0.15, 0.2) is 46.9 Å². The van der Waals surface area contributed by atoms with Crippen molar-refractivity contribution in [2.24, 2.45) is 0 Å². The Morgan fingerprint density at radius 1 is 1.00 bits per heavy atom. The molecule has 1 N–H and O–H groups in total. The van der Waals surface area contributed by atoms with Gasteiger partial charge in [0.05, 0.1) is 16.1 Å². The zero-order valence-corrected chi connectivity index (χ0v) is 12.9. The lowest BCUT2D eigenvalue weighted by atomic mass is 9.99. The second-order valence-electron chi connectivity index (χ2n) is 3.89. The molecule has 0 fully saturated rings. The van der Waals surface area contributed by atoms with Crippen LogP contribution in [0.2, 0.25) is 10.0 Å². The predicted molar refractivity (Wildman–Crippen MR) is 81.5 cm³/mol. The lowest BCUT2D eigenvalue weighted by Gasteiger charge is -2.20. The summed E-state index contributed by atoms with van der Waals surface area (Å²) in [7, 11) is 1.90. The molecular weight excluding hydrogens is 333 g/mol. The second kappa shape index (κ2) is 6.07. The predicted octanol–water partition coefficient (Wildman–Crippen LogP) is 5.06. The Labute approximate surface area is 125 Å². The van der Waals surface area contributed by atoms with E-state index in [1.54, 1.807) is 6.07 Å². The molecule has 0 radical (unpaired) electrons. The minimum absolute atomic E-state index is 0.00627. The molecule has 0 aliphatic heterocycles. The van der Waals surface area contributed by atoms with Crippen molar-refractivity contribution in [1.82, 2.24) is 5.32 Å². The second-order valence-corrected chi connectivity index (χ2v) is 5.53. The van der Waals surface area contributed by atoms with Crippen molar-refractivity contribution in [1.29, 1.82) is 0 Å². The quantitative estimate of drug-likeness (QED) is 0.820. The first-order valence-corrected chi connectivity index (χ1v) is 7.05. The van der Waals surface area contributed by atoms with Gasteiger partial charge in [0.25, 0.3) is 0 Å². The zero-order valence-electron chi connectivity index (χ0n) is 9.75. The highest BCUT2D eigenvalue weighted by molar-refractivity contribution is 9.10. The maximum absolute atomic E-state index is 6.28. The number of hydrogen-bond donors (Lipinski definition) is 1. The molecule has 0 saturated heterocycles. The van der Waals surface area contributed by atoms with E-state index in [1.165, 1.54) is 0 Å². The first-order chi connectivity index (χ1) is 8.65. The molecule has 1 unspecified atom stereocenters. The van der Waals surface area contributed by atoms with E-state index < -0.39 is 0 Å². The number of nitrogens with one attached hydrogen (secondary N) is 1. The SMILES string of the molecule is CNC(c1ccccc1Br)c1cccc(Cl)c1Cl. The Balaban J connectivity index is 2.53. The van der Waals surface area contributed by atoms with E-state index >= 15 is 0 Å². The van der Waals surface area contributed by atoms with E-state index in [0.717, 1.165) is 15.6 Å². The molecule has 1 atom stereocenters. The molecule has 0 amide bonds. The molecule has 0 aliphatic carbocycles. The summed E-state index contributed by atoms with van der Waals surface area (Å²) in [6, 6.07) is 13.7. The molecule has 4 heteroatoms. The molecule has 2 rings (SSSR count). The largest absolute Gasteiger partial charge is 0.309 e. The number of benzene rings is 2. The van der Waals surface area contributed by atoms with Crippen LogP contribution in [0.4, 0.5) is 0 Å². The van der Waals surface area contributed by atoms with Gasteiger partial charge in [-0.25, -0.2) is 0 Å². The van der Waals surface area contributed by atoms with Crippen molar-refractivity contribution in [3.8, 4) is 0 Å². The third-order valence-electron chi connectivity index (χ3n) is 2.80. The van der Waals surface area contributed by atoms with Gasteiger partial charge in [-0.05, 0) is 30.3 Å². The Hall–Kier alpha value is -0.540. The van der Waals surface area contributed by atoms with E-state index in [2.05, 4.69) is 27.3 Å². The van der Waals surface area contributed by atoms with Crippen molar-refractivity contribution >= 4 is 39.1 Å². The van der Waals surface area contributed by atoms with Crippen molar-refractivity contribution in [2.45, 2.75) is 6.04 Å². The van der Waals surface area contributed by atoms with Crippen molar-refractivity contribution in [3.63, 3.8) is 0 Å². The molecule has 1 nitrogen and oxygen atoms in total. The van der Waals surface area contributed by atoms with Crippen LogP contribution in [0.3, 0.4) is 0 Å². The van der Waals surface area contributed by atoms with Gasteiger partial charge in [-0.1, -0.05) is 69.5 Å². The van der Waals surface area contributed by atoms with Crippen LogP contribution in [-0.2, 0) is 0 Å². The molecule has 2 aromatic rings. The highest BCUT2D eigenvalue weighted by atomic mass is 79.9. The average molecular weight is 345 g/mol. The smallest absolute Gasteiger partial charge is 0.0643 e. The third kappa shape index (κ3) is 2.72. The zero-order chi connectivity index (χ0) is 13.1. The summed E-state index contributed by atoms with van der Waals surface area (Å²) in [5.41, 5.74) is 2.10. The summed E-state index contributed by atoms with van der Waals surface area (Å²) < 4.78 is 1.04. The van der Waals surface area contributed by atoms with Crippen molar-refractivity contribution in [3.05, 3.63) is 68.1 Å². The van der Waals surface area contributed by atoms with Crippen LogP contribution in [0.25, 0.3) is 0 Å². The molecule has 2 aromatic carbocycles. The molecule has 0 aliphatic rings. The normalized spacial score (nSPS) is 12.4. The molecule has 0 spiro atoms. The first kappa shape index (κ1) is 13.9. The summed E-state index contributed by atoms with van der Waals surface area (Å²) >= 11 is 15.9. The Morgan fingerprint density at radius 3 is 2.33 bits per heavy atom. The van der Waals surface area contributed by atoms with Crippen LogP contribution in [-0.4, -0.2) is 7.05 Å². The summed E-state index contributed by atoms with van der Waals surface area (Å²) in [4.78, 5) is 0. The minimum atomic E-state index is 0.00627. The van der Waals surface area contributed by atoms with Crippen LogP contribution in [0.5, 0.6) is 0 Å². The van der Waals surface area contributed by atoms with Gasteiger partial charge in [0.1, 0.15) is 0 Å². The highest BCUT2D eigenvalue weighted by Gasteiger charge is 2.18. The summed E-state index contributed by atoms with van der Waals surface area (Å²) in [5.74, 6) is 0. The summed E-state index contributed by atoms with van der Waals surface area (Å²) in [6.45, 7) is 0. The fraction of sp³-hybridized carbons (Fsp3) is 0.143. The molecule has 18 heavy (non-hydrogen) atoms. The standard InChI is InChI=1S/C14H12BrCl2N/c1-18-14(9-5-2-3-7-11(9)15)10-6-4-8-12(16)13(10)17/h2-8,14,18H,1H3. The maximum Gasteiger partial charge on any atom is 0.0643 e. The van der Waals surface area contributed by atoms with Gasteiger partial charge in [-0.15, -0.1) is 0 Å². The number of rotatable bonds is 3. The van der Waals surface area contributed by atoms with Gasteiger partial charge in [0.2, 0.25) is 0 Å². The topological polar surface area (TPSA) is 12.0 Å². The van der Waals surface area contributed by atoms with Gasteiger partial charge in [-0.3, -0.25) is 0 Å². The van der Waals surface area contributed by atoms with E-state index in [-0.39, 0.29) is 6.04 Å². The van der Waals surface area contributed by atoms with E-state index in [9.17, 15) is 0 Å². The number of hydrogen-bond acceptors (Lipinski definition) is 1. The van der Waals surface area contributed by atoms with Gasteiger partial charge in [0.15, 0.2) is 0 Å². The Morgan fingerprint density at radius 2 is 1.67 bits per heavy atom. The van der Waals surface area contributed by atoms with Crippen LogP contribution >= 0.6 is 39.1 Å². The van der Waals surface area contributed by atoms with Crippen molar-refractivity contribution in [2.75, 3.05) is 7.05 Å². The van der Waals surface area contributed by atoms with E-state index in [1.807, 2.05) is 37.4 Å². The maximum atomic E-state index is 6.28. The fourth-order valence-electron chi connectivity index (χ4n) is 1.93. The minimum Gasteiger partial charge on any atom is -0.309 e. The van der Waals surface area contributed by atoms with Gasteiger partial charge < -0.3 is 5.32 Å². The van der Waals surface area contributed by atoms with Crippen LogP contribution in [0, 0.1) is 0 Å². The number of halogens is 3. The van der Waals surface area contributed by atoms with Crippen LogP contribution in [0.1, 0.15) is 17.2 Å². The Bertz CT molecular complexity index is 557. The third-order valence-corrected chi connectivity index (χ3v) is 4.35. The van der Waals surface area contributed by atoms with Crippen molar-refractivity contribution < 1.29 is 0 Å². The molecular formula is C14H12BrCl2N. The molecule has 0 bridgehead atoms. The van der Waals surface area contributed by atoms with Crippen LogP contribution < -0.4 is 5.32 Å². The van der Waals surface area contributed by atoms with Gasteiger partial charge in [-0.2, -0.15) is 0 Å². The molecule has 0 aromatic heterocycles. The average Bonchev–Trinajstić information content (AvgIpc) is 2.37. The lowest BCUT2D eigenvalue weighted by molar-refractivity contribution is 0.689. The summed E-state index contributed by atoms with van der Waals surface area (Å²) in [5, 5.41) is 4.43. The van der Waals surface area contributed by atoms with Gasteiger partial charge in [0, 0.05) is 4.47 Å². The van der Waals surface area contributed by atoms with Gasteiger partial charge >= 0.3 is 0 Å². The Kier molecular flexibility index (Phi) is 4.68. The fourth-order valence-corrected chi connectivity index (χ4v) is 2.86. The lowest BCUT2D eigenvalue weighted by Crippen LogP contribution is -2.18. The molecule has 0 heterocycles. The van der Waals surface area contributed by atoms with E-state index in [0.29, 0.717) is 10.0 Å². The monoisotopic (exact) mass is 343 g/mol.